The lowest BCUT2D eigenvalue weighted by molar-refractivity contribution is -0.0521. The molecule has 0 saturated carbocycles. The second-order valence-electron chi connectivity index (χ2n) is 5.76. The number of unbranched alkanes of at least 4 members (excludes halogenated alkanes) is 2. The third-order valence-corrected chi connectivity index (χ3v) is 3.70. The smallest absolute Gasteiger partial charge is 0.387 e. The Morgan fingerprint density at radius 1 is 0.962 bits per heavy atom. The molecule has 0 aliphatic heterocycles. The van der Waals surface area contributed by atoms with E-state index in [2.05, 4.69) is 34.0 Å². The molecule has 0 amide bonds. The Morgan fingerprint density at radius 2 is 1.62 bits per heavy atom. The Bertz CT molecular complexity index is 743. The molecule has 2 aromatic rings. The Morgan fingerprint density at radius 3 is 2.23 bits per heavy atom. The van der Waals surface area contributed by atoms with Crippen molar-refractivity contribution in [2.24, 2.45) is 10.2 Å². The van der Waals surface area contributed by atoms with Gasteiger partial charge < -0.3 is 4.74 Å². The molecule has 138 valence electrons. The summed E-state index contributed by atoms with van der Waals surface area (Å²) in [4.78, 5) is 0. The van der Waals surface area contributed by atoms with Gasteiger partial charge in [-0.15, -0.1) is 0 Å². The Kier molecular flexibility index (Phi) is 7.86. The van der Waals surface area contributed by atoms with Crippen LogP contribution in [0, 0.1) is 5.82 Å². The van der Waals surface area contributed by atoms with Crippen molar-refractivity contribution in [1.82, 2.24) is 0 Å². The SMILES string of the molecule is CCCCCc1ccc(/C=N/N=C\c2ccc(OC(F)F)c(F)c2)cc1. The monoisotopic (exact) mass is 362 g/mol. The van der Waals surface area contributed by atoms with Crippen molar-refractivity contribution in [1.29, 1.82) is 0 Å². The molecule has 0 radical (unpaired) electrons. The molecule has 0 aliphatic rings. The van der Waals surface area contributed by atoms with E-state index in [-0.39, 0.29) is 0 Å². The predicted molar refractivity (Wildman–Crippen MR) is 97.9 cm³/mol. The average molecular weight is 362 g/mol. The number of alkyl halides is 2. The normalized spacial score (nSPS) is 11.7. The molecule has 3 nitrogen and oxygen atoms in total. The first-order valence-corrected chi connectivity index (χ1v) is 8.48. The first kappa shape index (κ1) is 19.7. The molecule has 6 heteroatoms. The van der Waals surface area contributed by atoms with Crippen molar-refractivity contribution in [2.75, 3.05) is 0 Å². The van der Waals surface area contributed by atoms with E-state index in [0.29, 0.717) is 5.56 Å². The zero-order valence-electron chi connectivity index (χ0n) is 14.5. The number of aryl methyl sites for hydroxylation is 1. The molecule has 0 aliphatic carbocycles. The van der Waals surface area contributed by atoms with Gasteiger partial charge in [-0.2, -0.15) is 19.0 Å². The van der Waals surface area contributed by atoms with E-state index in [1.807, 2.05) is 12.1 Å². The highest BCUT2D eigenvalue weighted by Gasteiger charge is 2.09. The van der Waals surface area contributed by atoms with Crippen LogP contribution in [0.3, 0.4) is 0 Å². The summed E-state index contributed by atoms with van der Waals surface area (Å²) in [5.74, 6) is -1.38. The third kappa shape index (κ3) is 6.70. The van der Waals surface area contributed by atoms with E-state index in [1.54, 1.807) is 6.21 Å². The summed E-state index contributed by atoms with van der Waals surface area (Å²) in [5, 5.41) is 7.75. The van der Waals surface area contributed by atoms with Gasteiger partial charge in [-0.3, -0.25) is 0 Å². The fourth-order valence-corrected chi connectivity index (χ4v) is 2.34. The molecule has 0 saturated heterocycles. The van der Waals surface area contributed by atoms with Gasteiger partial charge in [0.15, 0.2) is 11.6 Å². The largest absolute Gasteiger partial charge is 0.432 e. The van der Waals surface area contributed by atoms with Crippen molar-refractivity contribution in [2.45, 2.75) is 39.2 Å². The fraction of sp³-hybridized carbons (Fsp3) is 0.300. The Labute approximate surface area is 151 Å². The second kappa shape index (κ2) is 10.4. The number of rotatable bonds is 9. The van der Waals surface area contributed by atoms with Crippen molar-refractivity contribution in [3.05, 3.63) is 65.0 Å². The van der Waals surface area contributed by atoms with Gasteiger partial charge in [-0.05, 0) is 47.7 Å². The van der Waals surface area contributed by atoms with Gasteiger partial charge in [-0.25, -0.2) is 4.39 Å². The van der Waals surface area contributed by atoms with E-state index in [0.717, 1.165) is 24.1 Å². The van der Waals surface area contributed by atoms with Crippen LogP contribution < -0.4 is 4.74 Å². The molecule has 0 bridgehead atoms. The highest BCUT2D eigenvalue weighted by molar-refractivity contribution is 5.82. The number of nitrogens with zero attached hydrogens (tertiary/aromatic N) is 2. The van der Waals surface area contributed by atoms with E-state index < -0.39 is 18.2 Å². The number of hydrogen-bond donors (Lipinski definition) is 0. The maximum absolute atomic E-state index is 13.6. The summed E-state index contributed by atoms with van der Waals surface area (Å²) in [5.41, 5.74) is 2.60. The lowest BCUT2D eigenvalue weighted by Gasteiger charge is -2.05. The molecule has 0 aromatic heterocycles. The predicted octanol–water partition coefficient (Wildman–Crippen LogP) is 5.61. The van der Waals surface area contributed by atoms with Gasteiger partial charge in [0, 0.05) is 0 Å². The van der Waals surface area contributed by atoms with Crippen molar-refractivity contribution in [3.8, 4) is 5.75 Å². The third-order valence-electron chi connectivity index (χ3n) is 3.70. The van der Waals surface area contributed by atoms with E-state index in [4.69, 9.17) is 0 Å². The summed E-state index contributed by atoms with van der Waals surface area (Å²) >= 11 is 0. The summed E-state index contributed by atoms with van der Waals surface area (Å²) in [6, 6.07) is 11.7. The van der Waals surface area contributed by atoms with Crippen LogP contribution in [-0.4, -0.2) is 19.0 Å². The lowest BCUT2D eigenvalue weighted by atomic mass is 10.1. The summed E-state index contributed by atoms with van der Waals surface area (Å²) in [7, 11) is 0. The minimum absolute atomic E-state index is 0.396. The molecule has 26 heavy (non-hydrogen) atoms. The van der Waals surface area contributed by atoms with Crippen LogP contribution >= 0.6 is 0 Å². The van der Waals surface area contributed by atoms with Gasteiger partial charge in [0.05, 0.1) is 12.4 Å². The number of ether oxygens (including phenoxy) is 1. The van der Waals surface area contributed by atoms with Gasteiger partial charge >= 0.3 is 6.61 Å². The number of halogens is 3. The quantitative estimate of drug-likeness (QED) is 0.324. The van der Waals surface area contributed by atoms with Crippen LogP contribution in [0.15, 0.2) is 52.7 Å². The molecule has 0 atom stereocenters. The molecule has 0 unspecified atom stereocenters. The maximum Gasteiger partial charge on any atom is 0.387 e. The van der Waals surface area contributed by atoms with Gasteiger partial charge in [0.1, 0.15) is 0 Å². The molecule has 0 heterocycles. The topological polar surface area (TPSA) is 34.0 Å². The van der Waals surface area contributed by atoms with E-state index in [9.17, 15) is 13.2 Å². The summed E-state index contributed by atoms with van der Waals surface area (Å²) in [6.45, 7) is -0.883. The van der Waals surface area contributed by atoms with Crippen LogP contribution in [0.1, 0.15) is 42.9 Å². The Balaban J connectivity index is 1.90. The molecule has 0 spiro atoms. The molecule has 2 rings (SSSR count). The first-order valence-electron chi connectivity index (χ1n) is 8.48. The highest BCUT2D eigenvalue weighted by atomic mass is 19.3. The summed E-state index contributed by atoms with van der Waals surface area (Å²) < 4.78 is 41.8. The van der Waals surface area contributed by atoms with Crippen LogP contribution in [0.4, 0.5) is 13.2 Å². The molecule has 0 fully saturated rings. The van der Waals surface area contributed by atoms with Gasteiger partial charge in [-0.1, -0.05) is 44.0 Å². The second-order valence-corrected chi connectivity index (χ2v) is 5.76. The van der Waals surface area contributed by atoms with Gasteiger partial charge in [0.2, 0.25) is 0 Å². The highest BCUT2D eigenvalue weighted by Crippen LogP contribution is 2.19. The zero-order valence-corrected chi connectivity index (χ0v) is 14.5. The number of hydrogen-bond acceptors (Lipinski definition) is 3. The van der Waals surface area contributed by atoms with Gasteiger partial charge in [0.25, 0.3) is 0 Å². The summed E-state index contributed by atoms with van der Waals surface area (Å²) in [6.07, 6.45) is 7.62. The van der Waals surface area contributed by atoms with Crippen molar-refractivity contribution in [3.63, 3.8) is 0 Å². The molecular formula is C20H21F3N2O. The number of benzene rings is 2. The van der Waals surface area contributed by atoms with Crippen LogP contribution in [0.5, 0.6) is 5.75 Å². The van der Waals surface area contributed by atoms with Crippen LogP contribution in [0.2, 0.25) is 0 Å². The van der Waals surface area contributed by atoms with Crippen LogP contribution in [0.25, 0.3) is 0 Å². The van der Waals surface area contributed by atoms with E-state index >= 15 is 0 Å². The molecule has 2 aromatic carbocycles. The lowest BCUT2D eigenvalue weighted by Crippen LogP contribution is -2.03. The van der Waals surface area contributed by atoms with Crippen LogP contribution in [-0.2, 0) is 6.42 Å². The fourth-order valence-electron chi connectivity index (χ4n) is 2.34. The molecular weight excluding hydrogens is 341 g/mol. The molecule has 0 N–H and O–H groups in total. The van der Waals surface area contributed by atoms with Crippen molar-refractivity contribution < 1.29 is 17.9 Å². The minimum atomic E-state index is -3.06. The van der Waals surface area contributed by atoms with Crippen molar-refractivity contribution >= 4 is 12.4 Å². The maximum atomic E-state index is 13.6. The van der Waals surface area contributed by atoms with E-state index in [1.165, 1.54) is 37.1 Å². The zero-order chi connectivity index (χ0) is 18.8. The standard InChI is InChI=1S/C20H21F3N2O/c1-2-3-4-5-15-6-8-16(9-7-15)13-24-25-14-17-10-11-19(18(21)12-17)26-20(22)23/h6-14,20H,2-5H2,1H3/b24-13+,25-14-. The average Bonchev–Trinajstić information content (AvgIpc) is 2.62. The first-order chi connectivity index (χ1) is 12.6. The Hall–Kier alpha value is -2.63. The minimum Gasteiger partial charge on any atom is -0.432 e.